The maximum absolute atomic E-state index is 5.89. The van der Waals surface area contributed by atoms with Gasteiger partial charge in [-0.2, -0.15) is 0 Å². The van der Waals surface area contributed by atoms with Crippen molar-refractivity contribution in [2.24, 2.45) is 0 Å². The highest BCUT2D eigenvalue weighted by Crippen LogP contribution is 2.29. The fraction of sp³-hybridized carbons (Fsp3) is 0.526. The van der Waals surface area contributed by atoms with Crippen molar-refractivity contribution in [2.75, 3.05) is 26.2 Å². The predicted molar refractivity (Wildman–Crippen MR) is 94.6 cm³/mol. The van der Waals surface area contributed by atoms with E-state index in [0.29, 0.717) is 6.61 Å². The Morgan fingerprint density at radius 3 is 3.08 bits per heavy atom. The van der Waals surface area contributed by atoms with Gasteiger partial charge in [0.05, 0.1) is 12.7 Å². The van der Waals surface area contributed by atoms with Crippen LogP contribution in [-0.2, 0) is 9.47 Å². The lowest BCUT2D eigenvalue weighted by Gasteiger charge is -2.27. The lowest BCUT2D eigenvalue weighted by molar-refractivity contribution is -0.139. The summed E-state index contributed by atoms with van der Waals surface area (Å²) in [4.78, 5) is 10.1. The Labute approximate surface area is 142 Å². The molecule has 0 bridgehead atoms. The van der Waals surface area contributed by atoms with E-state index in [4.69, 9.17) is 9.47 Å². The normalized spacial score (nSPS) is 24.4. The molecule has 0 aliphatic carbocycles. The summed E-state index contributed by atoms with van der Waals surface area (Å²) >= 11 is 0. The molecular weight excluding hydrogens is 302 g/mol. The fourth-order valence-corrected chi connectivity index (χ4v) is 3.61. The van der Waals surface area contributed by atoms with Crippen LogP contribution in [0, 0.1) is 0 Å². The van der Waals surface area contributed by atoms with Crippen LogP contribution in [0.2, 0.25) is 0 Å². The number of H-pyrrole nitrogens is 1. The van der Waals surface area contributed by atoms with E-state index in [1.807, 2.05) is 26.1 Å². The van der Waals surface area contributed by atoms with Crippen LogP contribution in [0.3, 0.4) is 0 Å². The third-order valence-corrected chi connectivity index (χ3v) is 4.92. The van der Waals surface area contributed by atoms with Gasteiger partial charge >= 0.3 is 0 Å². The lowest BCUT2D eigenvalue weighted by Crippen LogP contribution is -2.32. The Kier molecular flexibility index (Phi) is 4.16. The van der Waals surface area contributed by atoms with Crippen LogP contribution in [0.5, 0.6) is 0 Å². The summed E-state index contributed by atoms with van der Waals surface area (Å²) in [7, 11) is 0. The average molecular weight is 327 g/mol. The van der Waals surface area contributed by atoms with Crippen LogP contribution < -0.4 is 0 Å². The molecule has 1 atom stereocenters. The molecule has 2 aliphatic rings. The van der Waals surface area contributed by atoms with Crippen molar-refractivity contribution in [2.45, 2.75) is 38.6 Å². The second-order valence-electron chi connectivity index (χ2n) is 7.12. The number of aromatic amines is 1. The minimum Gasteiger partial charge on any atom is -0.348 e. The standard InChI is InChI=1S/C19H25N3O2/c1-19(2)23-13-15(24-19)7-11-22-9-5-14(6-10-22)17-12-21-18-16(17)4-3-8-20-18/h3-5,8,12,15H,6-7,9-11,13H2,1-2H3,(H,20,21). The largest absolute Gasteiger partial charge is 0.348 e. The van der Waals surface area contributed by atoms with Gasteiger partial charge in [0.2, 0.25) is 0 Å². The van der Waals surface area contributed by atoms with Crippen molar-refractivity contribution in [3.8, 4) is 0 Å². The molecule has 2 aromatic rings. The smallest absolute Gasteiger partial charge is 0.163 e. The van der Waals surface area contributed by atoms with Gasteiger partial charge in [0.25, 0.3) is 0 Å². The summed E-state index contributed by atoms with van der Waals surface area (Å²) < 4.78 is 11.5. The number of nitrogens with zero attached hydrogens (tertiary/aromatic N) is 2. The second-order valence-corrected chi connectivity index (χ2v) is 7.12. The van der Waals surface area contributed by atoms with Gasteiger partial charge < -0.3 is 14.5 Å². The molecule has 1 unspecified atom stereocenters. The number of aromatic nitrogens is 2. The molecule has 0 radical (unpaired) electrons. The Hall–Kier alpha value is -1.69. The summed E-state index contributed by atoms with van der Waals surface area (Å²) in [6, 6.07) is 4.14. The summed E-state index contributed by atoms with van der Waals surface area (Å²) in [5.74, 6) is -0.414. The van der Waals surface area contributed by atoms with Gasteiger partial charge in [-0.05, 0) is 44.4 Å². The van der Waals surface area contributed by atoms with Gasteiger partial charge in [-0.25, -0.2) is 4.98 Å². The number of hydrogen-bond donors (Lipinski definition) is 1. The Morgan fingerprint density at radius 2 is 2.33 bits per heavy atom. The van der Waals surface area contributed by atoms with Crippen LogP contribution >= 0.6 is 0 Å². The van der Waals surface area contributed by atoms with E-state index < -0.39 is 5.79 Å². The maximum Gasteiger partial charge on any atom is 0.163 e. The summed E-state index contributed by atoms with van der Waals surface area (Å²) in [6.45, 7) is 7.83. The highest BCUT2D eigenvalue weighted by atomic mass is 16.7. The summed E-state index contributed by atoms with van der Waals surface area (Å²) in [5.41, 5.74) is 3.69. The van der Waals surface area contributed by atoms with Gasteiger partial charge in [0.1, 0.15) is 5.65 Å². The number of ether oxygens (including phenoxy) is 2. The molecule has 4 rings (SSSR count). The fourth-order valence-electron chi connectivity index (χ4n) is 3.61. The zero-order valence-electron chi connectivity index (χ0n) is 14.4. The number of nitrogens with one attached hydrogen (secondary N) is 1. The molecule has 0 aromatic carbocycles. The quantitative estimate of drug-likeness (QED) is 0.937. The van der Waals surface area contributed by atoms with Crippen LogP contribution in [0.25, 0.3) is 16.6 Å². The minimum absolute atomic E-state index is 0.227. The first-order valence-corrected chi connectivity index (χ1v) is 8.76. The van der Waals surface area contributed by atoms with Gasteiger partial charge in [-0.15, -0.1) is 0 Å². The van der Waals surface area contributed by atoms with Crippen LogP contribution in [0.4, 0.5) is 0 Å². The van der Waals surface area contributed by atoms with Crippen molar-refractivity contribution < 1.29 is 9.47 Å². The number of pyridine rings is 1. The van der Waals surface area contributed by atoms with Gasteiger partial charge in [-0.1, -0.05) is 6.08 Å². The molecule has 24 heavy (non-hydrogen) atoms. The number of fused-ring (bicyclic) bond motifs is 1. The minimum atomic E-state index is -0.414. The highest BCUT2D eigenvalue weighted by Gasteiger charge is 2.32. The molecule has 0 amide bonds. The van der Waals surface area contributed by atoms with E-state index in [9.17, 15) is 0 Å². The van der Waals surface area contributed by atoms with Crippen molar-refractivity contribution in [1.29, 1.82) is 0 Å². The van der Waals surface area contributed by atoms with Crippen molar-refractivity contribution >= 4 is 16.6 Å². The van der Waals surface area contributed by atoms with Crippen molar-refractivity contribution in [3.63, 3.8) is 0 Å². The zero-order chi connectivity index (χ0) is 16.6. The van der Waals surface area contributed by atoms with Crippen molar-refractivity contribution in [3.05, 3.63) is 36.2 Å². The monoisotopic (exact) mass is 327 g/mol. The Balaban J connectivity index is 1.35. The van der Waals surface area contributed by atoms with Crippen LogP contribution in [0.15, 0.2) is 30.6 Å². The molecule has 5 heteroatoms. The lowest BCUT2D eigenvalue weighted by atomic mass is 9.99. The number of hydrogen-bond acceptors (Lipinski definition) is 4. The molecule has 0 spiro atoms. The molecule has 1 fully saturated rings. The molecular formula is C19H25N3O2. The van der Waals surface area contributed by atoms with Crippen molar-refractivity contribution in [1.82, 2.24) is 14.9 Å². The number of rotatable bonds is 4. The molecule has 1 saturated heterocycles. The second kappa shape index (κ2) is 6.31. The SMILES string of the molecule is CC1(C)OCC(CCN2CC=C(c3c[nH]c4ncccc34)CC2)O1. The van der Waals surface area contributed by atoms with Crippen LogP contribution in [-0.4, -0.2) is 53.0 Å². The maximum atomic E-state index is 5.89. The Morgan fingerprint density at radius 1 is 1.42 bits per heavy atom. The molecule has 4 heterocycles. The topological polar surface area (TPSA) is 50.4 Å². The first-order valence-electron chi connectivity index (χ1n) is 8.76. The molecule has 5 nitrogen and oxygen atoms in total. The summed E-state index contributed by atoms with van der Waals surface area (Å²) in [6.07, 6.45) is 8.61. The van der Waals surface area contributed by atoms with E-state index in [1.165, 1.54) is 16.5 Å². The average Bonchev–Trinajstić information content (AvgIpc) is 3.16. The predicted octanol–water partition coefficient (Wildman–Crippen LogP) is 3.19. The van der Waals surface area contributed by atoms with Gasteiger partial charge in [-0.3, -0.25) is 4.90 Å². The van der Waals surface area contributed by atoms with Gasteiger partial charge in [0.15, 0.2) is 5.79 Å². The molecule has 2 aromatic heterocycles. The van der Waals surface area contributed by atoms with Gasteiger partial charge in [0, 0.05) is 43.0 Å². The molecule has 128 valence electrons. The van der Waals surface area contributed by atoms with E-state index >= 15 is 0 Å². The highest BCUT2D eigenvalue weighted by molar-refractivity contribution is 5.90. The Bertz CT molecular complexity index is 750. The van der Waals surface area contributed by atoms with Crippen LogP contribution in [0.1, 0.15) is 32.3 Å². The molecule has 1 N–H and O–H groups in total. The molecule has 2 aliphatic heterocycles. The van der Waals surface area contributed by atoms with E-state index in [-0.39, 0.29) is 6.10 Å². The third-order valence-electron chi connectivity index (χ3n) is 4.92. The summed E-state index contributed by atoms with van der Waals surface area (Å²) in [5, 5.41) is 1.22. The van der Waals surface area contributed by atoms with E-state index in [2.05, 4.69) is 33.2 Å². The van der Waals surface area contributed by atoms with E-state index in [1.54, 1.807) is 0 Å². The molecule has 0 saturated carbocycles. The van der Waals surface area contributed by atoms with E-state index in [0.717, 1.165) is 38.1 Å². The first-order chi connectivity index (χ1) is 11.6. The zero-order valence-corrected chi connectivity index (χ0v) is 14.4. The third kappa shape index (κ3) is 3.24. The first kappa shape index (κ1) is 15.8.